The van der Waals surface area contributed by atoms with Crippen molar-refractivity contribution in [1.29, 1.82) is 0 Å². The average molecular weight is 379 g/mol. The summed E-state index contributed by atoms with van der Waals surface area (Å²) in [7, 11) is -3.53. The Bertz CT molecular complexity index is 814. The van der Waals surface area contributed by atoms with E-state index in [1.807, 2.05) is 18.4 Å². The van der Waals surface area contributed by atoms with E-state index in [0.29, 0.717) is 11.3 Å². The summed E-state index contributed by atoms with van der Waals surface area (Å²) in [5, 5.41) is 2.77. The fourth-order valence-electron chi connectivity index (χ4n) is 2.22. The van der Waals surface area contributed by atoms with Gasteiger partial charge < -0.3 is 5.32 Å². The van der Waals surface area contributed by atoms with Gasteiger partial charge in [-0.1, -0.05) is 12.1 Å². The molecule has 5 nitrogen and oxygen atoms in total. The zero-order valence-electron chi connectivity index (χ0n) is 14.4. The quantitative estimate of drug-likeness (QED) is 0.773. The molecular formula is C18H22N2O3S2. The van der Waals surface area contributed by atoms with Crippen LogP contribution in [0.2, 0.25) is 0 Å². The standard InChI is InChI=1S/C18H22N2O3S2/c1-13(2)20-25(22,23)17-10-8-16(9-11-17)19-18(21)15-6-4-14(5-7-15)12-24-3/h4-11,13,20H,12H2,1-3H3,(H,19,21). The maximum atomic E-state index is 12.3. The van der Waals surface area contributed by atoms with Crippen molar-refractivity contribution in [3.8, 4) is 0 Å². The van der Waals surface area contributed by atoms with Gasteiger partial charge in [-0.05, 0) is 62.1 Å². The second kappa shape index (κ2) is 8.51. The molecule has 1 amide bonds. The number of benzene rings is 2. The van der Waals surface area contributed by atoms with Crippen LogP contribution in [0, 0.1) is 0 Å². The second-order valence-electron chi connectivity index (χ2n) is 5.88. The maximum Gasteiger partial charge on any atom is 0.255 e. The molecule has 7 heteroatoms. The van der Waals surface area contributed by atoms with Crippen LogP contribution in [-0.4, -0.2) is 26.6 Å². The molecule has 25 heavy (non-hydrogen) atoms. The molecule has 0 atom stereocenters. The highest BCUT2D eigenvalue weighted by Crippen LogP contribution is 2.16. The summed E-state index contributed by atoms with van der Waals surface area (Å²) in [4.78, 5) is 12.4. The molecule has 0 aliphatic carbocycles. The molecule has 2 N–H and O–H groups in total. The van der Waals surface area contributed by atoms with Gasteiger partial charge in [0.2, 0.25) is 10.0 Å². The summed E-state index contributed by atoms with van der Waals surface area (Å²) < 4.78 is 26.7. The molecule has 0 heterocycles. The minimum absolute atomic E-state index is 0.167. The molecule has 2 aromatic carbocycles. The number of hydrogen-bond donors (Lipinski definition) is 2. The van der Waals surface area contributed by atoms with E-state index in [-0.39, 0.29) is 16.8 Å². The van der Waals surface area contributed by atoms with Gasteiger partial charge in [0.15, 0.2) is 0 Å². The SMILES string of the molecule is CSCc1ccc(C(=O)Nc2ccc(S(=O)(=O)NC(C)C)cc2)cc1. The lowest BCUT2D eigenvalue weighted by Gasteiger charge is -2.10. The first-order valence-corrected chi connectivity index (χ1v) is 10.7. The predicted molar refractivity (Wildman–Crippen MR) is 104 cm³/mol. The average Bonchev–Trinajstić information content (AvgIpc) is 2.55. The largest absolute Gasteiger partial charge is 0.322 e. The molecule has 0 saturated carbocycles. The van der Waals surface area contributed by atoms with Gasteiger partial charge in [0, 0.05) is 23.0 Å². The van der Waals surface area contributed by atoms with E-state index in [4.69, 9.17) is 0 Å². The van der Waals surface area contributed by atoms with Gasteiger partial charge in [-0.2, -0.15) is 11.8 Å². The normalized spacial score (nSPS) is 11.5. The molecule has 2 aromatic rings. The molecule has 134 valence electrons. The molecule has 0 unspecified atom stereocenters. The third-order valence-electron chi connectivity index (χ3n) is 3.34. The Hall–Kier alpha value is -1.83. The summed E-state index contributed by atoms with van der Waals surface area (Å²) in [5.74, 6) is 0.675. The van der Waals surface area contributed by atoms with Crippen LogP contribution in [0.1, 0.15) is 29.8 Å². The summed E-state index contributed by atoms with van der Waals surface area (Å²) in [6.07, 6.45) is 2.03. The van der Waals surface area contributed by atoms with Crippen molar-refractivity contribution >= 4 is 33.4 Å². The Balaban J connectivity index is 2.06. The number of carbonyl (C=O) groups is 1. The van der Waals surface area contributed by atoms with E-state index in [1.54, 1.807) is 49.9 Å². The molecular weight excluding hydrogens is 356 g/mol. The fourth-order valence-corrected chi connectivity index (χ4v) is 3.99. The van der Waals surface area contributed by atoms with E-state index in [0.717, 1.165) is 11.3 Å². The summed E-state index contributed by atoms with van der Waals surface area (Å²) in [6.45, 7) is 3.52. The molecule has 0 aromatic heterocycles. The number of thioether (sulfide) groups is 1. The van der Waals surface area contributed by atoms with Crippen molar-refractivity contribution in [3.63, 3.8) is 0 Å². The minimum atomic E-state index is -3.53. The molecule has 0 fully saturated rings. The first-order valence-electron chi connectivity index (χ1n) is 7.83. The Labute approximate surface area is 153 Å². The number of sulfonamides is 1. The Morgan fingerprint density at radius 2 is 1.64 bits per heavy atom. The lowest BCUT2D eigenvalue weighted by molar-refractivity contribution is 0.102. The van der Waals surface area contributed by atoms with Crippen molar-refractivity contribution in [2.45, 2.75) is 30.5 Å². The Kier molecular flexibility index (Phi) is 6.64. The van der Waals surface area contributed by atoms with E-state index in [2.05, 4.69) is 10.0 Å². The highest BCUT2D eigenvalue weighted by Gasteiger charge is 2.15. The molecule has 0 aliphatic rings. The first kappa shape index (κ1) is 19.5. The third-order valence-corrected chi connectivity index (χ3v) is 5.64. The summed E-state index contributed by atoms with van der Waals surface area (Å²) in [5.41, 5.74) is 2.26. The van der Waals surface area contributed by atoms with Crippen molar-refractivity contribution in [2.24, 2.45) is 0 Å². The van der Waals surface area contributed by atoms with Crippen LogP contribution in [0.4, 0.5) is 5.69 Å². The van der Waals surface area contributed by atoms with E-state index in [1.165, 1.54) is 12.1 Å². The lowest BCUT2D eigenvalue weighted by atomic mass is 10.1. The second-order valence-corrected chi connectivity index (χ2v) is 8.46. The van der Waals surface area contributed by atoms with Gasteiger partial charge in [-0.3, -0.25) is 4.79 Å². The van der Waals surface area contributed by atoms with Gasteiger partial charge in [-0.25, -0.2) is 13.1 Å². The molecule has 2 rings (SSSR count). The Morgan fingerprint density at radius 1 is 1.04 bits per heavy atom. The number of carbonyl (C=O) groups excluding carboxylic acids is 1. The predicted octanol–water partition coefficient (Wildman–Crippen LogP) is 3.49. The number of hydrogen-bond acceptors (Lipinski definition) is 4. The smallest absolute Gasteiger partial charge is 0.255 e. The molecule has 0 spiro atoms. The number of amides is 1. The van der Waals surface area contributed by atoms with Crippen LogP contribution in [-0.2, 0) is 15.8 Å². The lowest BCUT2D eigenvalue weighted by Crippen LogP contribution is -2.30. The number of anilines is 1. The van der Waals surface area contributed by atoms with Crippen LogP contribution in [0.3, 0.4) is 0 Å². The van der Waals surface area contributed by atoms with Gasteiger partial charge in [0.25, 0.3) is 5.91 Å². The Morgan fingerprint density at radius 3 is 2.16 bits per heavy atom. The summed E-state index contributed by atoms with van der Waals surface area (Å²) >= 11 is 1.72. The molecule has 0 aliphatic heterocycles. The van der Waals surface area contributed by atoms with Crippen molar-refractivity contribution in [3.05, 3.63) is 59.7 Å². The highest BCUT2D eigenvalue weighted by atomic mass is 32.2. The van der Waals surface area contributed by atoms with Crippen LogP contribution < -0.4 is 10.0 Å². The van der Waals surface area contributed by atoms with Crippen molar-refractivity contribution < 1.29 is 13.2 Å². The monoisotopic (exact) mass is 378 g/mol. The van der Waals surface area contributed by atoms with Crippen LogP contribution in [0.5, 0.6) is 0 Å². The van der Waals surface area contributed by atoms with Gasteiger partial charge >= 0.3 is 0 Å². The highest BCUT2D eigenvalue weighted by molar-refractivity contribution is 7.97. The summed E-state index contributed by atoms with van der Waals surface area (Å²) in [6, 6.07) is 13.3. The fraction of sp³-hybridized carbons (Fsp3) is 0.278. The van der Waals surface area contributed by atoms with E-state index < -0.39 is 10.0 Å². The third kappa shape index (κ3) is 5.59. The van der Waals surface area contributed by atoms with Crippen LogP contribution >= 0.6 is 11.8 Å². The molecule has 0 bridgehead atoms. The van der Waals surface area contributed by atoms with Gasteiger partial charge in [0.05, 0.1) is 4.90 Å². The number of nitrogens with one attached hydrogen (secondary N) is 2. The maximum absolute atomic E-state index is 12.3. The van der Waals surface area contributed by atoms with Crippen LogP contribution in [0.25, 0.3) is 0 Å². The number of rotatable bonds is 7. The van der Waals surface area contributed by atoms with E-state index in [9.17, 15) is 13.2 Å². The van der Waals surface area contributed by atoms with Crippen molar-refractivity contribution in [1.82, 2.24) is 4.72 Å². The topological polar surface area (TPSA) is 75.3 Å². The zero-order valence-corrected chi connectivity index (χ0v) is 16.1. The van der Waals surface area contributed by atoms with Gasteiger partial charge in [-0.15, -0.1) is 0 Å². The molecule has 0 saturated heterocycles. The van der Waals surface area contributed by atoms with Crippen molar-refractivity contribution in [2.75, 3.05) is 11.6 Å². The first-order chi connectivity index (χ1) is 11.8. The minimum Gasteiger partial charge on any atom is -0.322 e. The molecule has 0 radical (unpaired) electrons. The zero-order chi connectivity index (χ0) is 18.4. The van der Waals surface area contributed by atoms with Gasteiger partial charge in [0.1, 0.15) is 0 Å². The van der Waals surface area contributed by atoms with E-state index >= 15 is 0 Å². The van der Waals surface area contributed by atoms with Crippen LogP contribution in [0.15, 0.2) is 53.4 Å².